The number of pyridine rings is 1. The largest absolute Gasteiger partial charge is 0.497 e. The number of aryl methyl sites for hydroxylation is 1. The fraction of sp³-hybridized carbons (Fsp3) is 0.312. The van der Waals surface area contributed by atoms with Gasteiger partial charge in [0, 0.05) is 35.6 Å². The summed E-state index contributed by atoms with van der Waals surface area (Å²) < 4.78 is 11.1. The van der Waals surface area contributed by atoms with Gasteiger partial charge in [-0.05, 0) is 31.5 Å². The molecule has 1 heterocycles. The van der Waals surface area contributed by atoms with Gasteiger partial charge in [-0.25, -0.2) is 0 Å². The van der Waals surface area contributed by atoms with Crippen molar-refractivity contribution in [1.82, 2.24) is 4.98 Å². The summed E-state index contributed by atoms with van der Waals surface area (Å²) in [5.74, 6) is 1.51. The second kappa shape index (κ2) is 6.39. The van der Waals surface area contributed by atoms with Crippen molar-refractivity contribution in [2.45, 2.75) is 26.5 Å². The van der Waals surface area contributed by atoms with Gasteiger partial charge < -0.3 is 15.2 Å². The van der Waals surface area contributed by atoms with Crippen LogP contribution in [-0.2, 0) is 6.61 Å². The maximum Gasteiger partial charge on any atom is 0.128 e. The van der Waals surface area contributed by atoms with Crippen LogP contribution in [0.5, 0.6) is 11.5 Å². The van der Waals surface area contributed by atoms with Gasteiger partial charge in [-0.2, -0.15) is 0 Å². The highest BCUT2D eigenvalue weighted by Crippen LogP contribution is 2.29. The predicted molar refractivity (Wildman–Crippen MR) is 78.9 cm³/mol. The highest BCUT2D eigenvalue weighted by atomic mass is 16.5. The van der Waals surface area contributed by atoms with Crippen LogP contribution in [0.2, 0.25) is 0 Å². The van der Waals surface area contributed by atoms with E-state index in [1.165, 1.54) is 0 Å². The van der Waals surface area contributed by atoms with Crippen molar-refractivity contribution in [3.8, 4) is 11.5 Å². The number of aromatic nitrogens is 1. The topological polar surface area (TPSA) is 57.4 Å². The fourth-order valence-corrected chi connectivity index (χ4v) is 2.00. The van der Waals surface area contributed by atoms with Crippen molar-refractivity contribution in [2.75, 3.05) is 7.11 Å². The molecule has 2 aromatic rings. The van der Waals surface area contributed by atoms with E-state index in [-0.39, 0.29) is 6.04 Å². The highest BCUT2D eigenvalue weighted by Gasteiger charge is 2.10. The molecule has 0 aliphatic heterocycles. The predicted octanol–water partition coefficient (Wildman–Crippen LogP) is 3.00. The number of hydrogen-bond donors (Lipinski definition) is 1. The van der Waals surface area contributed by atoms with Crippen molar-refractivity contribution < 1.29 is 9.47 Å². The average molecular weight is 272 g/mol. The van der Waals surface area contributed by atoms with E-state index in [1.54, 1.807) is 13.3 Å². The summed E-state index contributed by atoms with van der Waals surface area (Å²) >= 11 is 0. The van der Waals surface area contributed by atoms with E-state index in [0.29, 0.717) is 6.61 Å². The molecule has 0 unspecified atom stereocenters. The van der Waals surface area contributed by atoms with Crippen molar-refractivity contribution in [3.05, 3.63) is 53.3 Å². The maximum absolute atomic E-state index is 5.97. The summed E-state index contributed by atoms with van der Waals surface area (Å²) in [6.07, 6.45) is 3.63. The number of methoxy groups -OCH3 is 1. The Hall–Kier alpha value is -2.07. The molecule has 1 aromatic heterocycles. The molecule has 0 bridgehead atoms. The van der Waals surface area contributed by atoms with E-state index in [1.807, 2.05) is 38.2 Å². The van der Waals surface area contributed by atoms with E-state index in [4.69, 9.17) is 15.2 Å². The summed E-state index contributed by atoms with van der Waals surface area (Å²) in [6, 6.07) is 7.65. The van der Waals surface area contributed by atoms with Gasteiger partial charge in [0.25, 0.3) is 0 Å². The second-order valence-electron chi connectivity index (χ2n) is 4.85. The zero-order valence-electron chi connectivity index (χ0n) is 12.1. The Morgan fingerprint density at radius 2 is 2.05 bits per heavy atom. The van der Waals surface area contributed by atoms with Crippen LogP contribution in [0.1, 0.15) is 29.7 Å². The third kappa shape index (κ3) is 3.48. The summed E-state index contributed by atoms with van der Waals surface area (Å²) in [7, 11) is 1.63. The van der Waals surface area contributed by atoms with E-state index in [0.717, 1.165) is 28.2 Å². The highest BCUT2D eigenvalue weighted by molar-refractivity contribution is 5.42. The summed E-state index contributed by atoms with van der Waals surface area (Å²) in [4.78, 5) is 4.16. The molecule has 106 valence electrons. The van der Waals surface area contributed by atoms with Crippen LogP contribution in [0.15, 0.2) is 36.7 Å². The molecule has 4 nitrogen and oxygen atoms in total. The smallest absolute Gasteiger partial charge is 0.128 e. The molecule has 1 aromatic carbocycles. The first-order valence-corrected chi connectivity index (χ1v) is 6.57. The SMILES string of the molecule is COc1ccc([C@@H](C)N)c(OCc2cncc(C)c2)c1. The number of nitrogens with two attached hydrogens (primary N) is 1. The molecule has 20 heavy (non-hydrogen) atoms. The first kappa shape index (κ1) is 14.3. The Kier molecular flexibility index (Phi) is 4.58. The monoisotopic (exact) mass is 272 g/mol. The molecular formula is C16H20N2O2. The minimum atomic E-state index is -0.0912. The summed E-state index contributed by atoms with van der Waals surface area (Å²) in [6.45, 7) is 4.40. The van der Waals surface area contributed by atoms with Gasteiger partial charge in [-0.3, -0.25) is 4.98 Å². The molecular weight excluding hydrogens is 252 g/mol. The number of hydrogen-bond acceptors (Lipinski definition) is 4. The second-order valence-corrected chi connectivity index (χ2v) is 4.85. The average Bonchev–Trinajstić information content (AvgIpc) is 2.44. The molecule has 0 spiro atoms. The lowest BCUT2D eigenvalue weighted by molar-refractivity contribution is 0.298. The summed E-state index contributed by atoms with van der Waals surface area (Å²) in [5, 5.41) is 0. The van der Waals surface area contributed by atoms with E-state index < -0.39 is 0 Å². The van der Waals surface area contributed by atoms with Crippen LogP contribution in [-0.4, -0.2) is 12.1 Å². The molecule has 2 N–H and O–H groups in total. The van der Waals surface area contributed by atoms with Crippen molar-refractivity contribution >= 4 is 0 Å². The van der Waals surface area contributed by atoms with Gasteiger partial charge in [-0.15, -0.1) is 0 Å². The number of nitrogens with zero attached hydrogens (tertiary/aromatic N) is 1. The number of ether oxygens (including phenoxy) is 2. The van der Waals surface area contributed by atoms with Gasteiger partial charge in [0.1, 0.15) is 18.1 Å². The normalized spacial score (nSPS) is 12.0. The van der Waals surface area contributed by atoms with Crippen LogP contribution >= 0.6 is 0 Å². The third-order valence-corrected chi connectivity index (χ3v) is 3.04. The number of benzene rings is 1. The Labute approximate surface area is 119 Å². The summed E-state index contributed by atoms with van der Waals surface area (Å²) in [5.41, 5.74) is 9.08. The molecule has 0 radical (unpaired) electrons. The quantitative estimate of drug-likeness (QED) is 0.909. The van der Waals surface area contributed by atoms with Gasteiger partial charge in [-0.1, -0.05) is 6.07 Å². The molecule has 0 aliphatic carbocycles. The van der Waals surface area contributed by atoms with E-state index in [9.17, 15) is 0 Å². The Morgan fingerprint density at radius 3 is 2.70 bits per heavy atom. The third-order valence-electron chi connectivity index (χ3n) is 3.04. The van der Waals surface area contributed by atoms with Crippen molar-refractivity contribution in [3.63, 3.8) is 0 Å². The van der Waals surface area contributed by atoms with Gasteiger partial charge in [0.2, 0.25) is 0 Å². The minimum absolute atomic E-state index is 0.0912. The lowest BCUT2D eigenvalue weighted by Gasteiger charge is -2.15. The van der Waals surface area contributed by atoms with E-state index >= 15 is 0 Å². The molecule has 0 aliphatic rings. The maximum atomic E-state index is 5.97. The van der Waals surface area contributed by atoms with Gasteiger partial charge in [0.15, 0.2) is 0 Å². The minimum Gasteiger partial charge on any atom is -0.497 e. The Balaban J connectivity index is 2.19. The molecule has 0 saturated heterocycles. The van der Waals surface area contributed by atoms with Crippen molar-refractivity contribution in [2.24, 2.45) is 5.73 Å². The van der Waals surface area contributed by atoms with Crippen LogP contribution in [0.3, 0.4) is 0 Å². The molecule has 0 fully saturated rings. The molecule has 0 saturated carbocycles. The van der Waals surface area contributed by atoms with Crippen LogP contribution in [0.25, 0.3) is 0 Å². The van der Waals surface area contributed by atoms with E-state index in [2.05, 4.69) is 11.1 Å². The van der Waals surface area contributed by atoms with Crippen LogP contribution < -0.4 is 15.2 Å². The molecule has 4 heteroatoms. The Bertz CT molecular complexity index is 582. The molecule has 1 atom stereocenters. The fourth-order valence-electron chi connectivity index (χ4n) is 2.00. The van der Waals surface area contributed by atoms with Gasteiger partial charge in [0.05, 0.1) is 7.11 Å². The molecule has 0 amide bonds. The first-order chi connectivity index (χ1) is 9.60. The van der Waals surface area contributed by atoms with Gasteiger partial charge >= 0.3 is 0 Å². The molecule has 2 rings (SSSR count). The van der Waals surface area contributed by atoms with Crippen LogP contribution in [0, 0.1) is 6.92 Å². The Morgan fingerprint density at radius 1 is 1.25 bits per heavy atom. The zero-order valence-corrected chi connectivity index (χ0v) is 12.1. The lowest BCUT2D eigenvalue weighted by atomic mass is 10.1. The van der Waals surface area contributed by atoms with Crippen molar-refractivity contribution in [1.29, 1.82) is 0 Å². The zero-order chi connectivity index (χ0) is 14.5. The first-order valence-electron chi connectivity index (χ1n) is 6.57. The lowest BCUT2D eigenvalue weighted by Crippen LogP contribution is -2.08. The van der Waals surface area contributed by atoms with Crippen LogP contribution in [0.4, 0.5) is 0 Å². The standard InChI is InChI=1S/C16H20N2O2/c1-11-6-13(9-18-8-11)10-20-16-7-14(19-3)4-5-15(16)12(2)17/h4-9,12H,10,17H2,1-3H3/t12-/m1/s1. The number of rotatable bonds is 5.